The zero-order valence-corrected chi connectivity index (χ0v) is 17.9. The molecule has 0 radical (unpaired) electrons. The molecule has 4 rings (SSSR count). The maximum atomic E-state index is 13.5. The van der Waals surface area contributed by atoms with Gasteiger partial charge in [-0.25, -0.2) is 0 Å². The summed E-state index contributed by atoms with van der Waals surface area (Å²) in [6, 6.07) is 11.1. The van der Waals surface area contributed by atoms with E-state index in [1.807, 2.05) is 47.5 Å². The molecule has 0 bridgehead atoms. The van der Waals surface area contributed by atoms with E-state index < -0.39 is 6.04 Å². The Morgan fingerprint density at radius 2 is 2.00 bits per heavy atom. The van der Waals surface area contributed by atoms with E-state index in [9.17, 15) is 9.59 Å². The fraction of sp³-hybridized carbons (Fsp3) is 0.500. The minimum Gasteiger partial charge on any atom is -0.354 e. The zero-order valence-electron chi connectivity index (χ0n) is 17.1. The van der Waals surface area contributed by atoms with Crippen molar-refractivity contribution in [3.05, 3.63) is 54.4 Å². The van der Waals surface area contributed by atoms with Crippen LogP contribution in [0.5, 0.6) is 0 Å². The second-order valence-corrected chi connectivity index (χ2v) is 7.99. The number of halogens is 1. The van der Waals surface area contributed by atoms with Gasteiger partial charge in [-0.15, -0.1) is 12.4 Å². The molecule has 30 heavy (non-hydrogen) atoms. The van der Waals surface area contributed by atoms with Crippen molar-refractivity contribution in [2.45, 2.75) is 37.8 Å². The molecule has 7 nitrogen and oxygen atoms in total. The van der Waals surface area contributed by atoms with Crippen molar-refractivity contribution >= 4 is 24.2 Å². The summed E-state index contributed by atoms with van der Waals surface area (Å²) in [6.45, 7) is 2.95. The number of benzene rings is 1. The highest BCUT2D eigenvalue weighted by atomic mass is 35.5. The van der Waals surface area contributed by atoms with E-state index in [4.69, 9.17) is 0 Å². The molecule has 2 aliphatic rings. The predicted molar refractivity (Wildman–Crippen MR) is 117 cm³/mol. The lowest BCUT2D eigenvalue weighted by Gasteiger charge is -2.35. The van der Waals surface area contributed by atoms with Gasteiger partial charge in [0, 0.05) is 32.0 Å². The third kappa shape index (κ3) is 5.21. The van der Waals surface area contributed by atoms with Crippen molar-refractivity contribution in [3.8, 4) is 0 Å². The van der Waals surface area contributed by atoms with Crippen molar-refractivity contribution in [2.24, 2.45) is 5.92 Å². The van der Waals surface area contributed by atoms with E-state index >= 15 is 0 Å². The summed E-state index contributed by atoms with van der Waals surface area (Å²) in [4.78, 5) is 27.7. The molecule has 0 saturated carbocycles. The summed E-state index contributed by atoms with van der Waals surface area (Å²) >= 11 is 0. The Hall–Kier alpha value is -2.38. The maximum Gasteiger partial charge on any atom is 0.252 e. The molecule has 2 N–H and O–H groups in total. The van der Waals surface area contributed by atoms with Crippen LogP contribution in [0.2, 0.25) is 0 Å². The number of amides is 2. The van der Waals surface area contributed by atoms with Crippen molar-refractivity contribution in [3.63, 3.8) is 0 Å². The molecule has 2 aromatic rings. The smallest absolute Gasteiger partial charge is 0.252 e. The summed E-state index contributed by atoms with van der Waals surface area (Å²) in [5, 5.41) is 10.7. The third-order valence-corrected chi connectivity index (χ3v) is 5.91. The molecule has 0 aliphatic carbocycles. The second kappa shape index (κ2) is 10.6. The molecule has 1 aromatic carbocycles. The van der Waals surface area contributed by atoms with Crippen LogP contribution in [0.1, 0.15) is 37.3 Å². The summed E-state index contributed by atoms with van der Waals surface area (Å²) in [7, 11) is 0. The Morgan fingerprint density at radius 1 is 1.17 bits per heavy atom. The van der Waals surface area contributed by atoms with Crippen molar-refractivity contribution < 1.29 is 9.59 Å². The average Bonchev–Trinajstić information content (AvgIpc) is 3.48. The molecule has 2 saturated heterocycles. The summed E-state index contributed by atoms with van der Waals surface area (Å²) in [6.07, 6.45) is 7.48. The van der Waals surface area contributed by atoms with Crippen LogP contribution < -0.4 is 10.6 Å². The Labute approximate surface area is 183 Å². The first-order chi connectivity index (χ1) is 14.2. The number of aromatic nitrogens is 2. The number of nitrogens with zero attached hydrogens (tertiary/aromatic N) is 3. The van der Waals surface area contributed by atoms with Crippen LogP contribution in [0.15, 0.2) is 48.8 Å². The summed E-state index contributed by atoms with van der Waals surface area (Å²) < 4.78 is 1.73. The highest BCUT2D eigenvalue weighted by molar-refractivity contribution is 5.85. The lowest BCUT2D eigenvalue weighted by Crippen LogP contribution is -2.48. The highest BCUT2D eigenvalue weighted by Gasteiger charge is 2.32. The minimum atomic E-state index is -0.456. The fourth-order valence-electron chi connectivity index (χ4n) is 4.36. The number of likely N-dealkylation sites (tertiary alicyclic amines) is 1. The van der Waals surface area contributed by atoms with E-state index in [1.165, 1.54) is 0 Å². The Balaban J connectivity index is 0.00000256. The predicted octanol–water partition coefficient (Wildman–Crippen LogP) is 2.00. The number of carbonyl (C=O) groups is 2. The Kier molecular flexibility index (Phi) is 7.87. The number of hydrogen-bond donors (Lipinski definition) is 2. The van der Waals surface area contributed by atoms with Crippen molar-refractivity contribution in [2.75, 3.05) is 26.2 Å². The van der Waals surface area contributed by atoms with Gasteiger partial charge in [0.15, 0.2) is 6.04 Å². The molecule has 8 heteroatoms. The molecule has 3 atom stereocenters. The zero-order chi connectivity index (χ0) is 20.1. The van der Waals surface area contributed by atoms with Crippen LogP contribution in [-0.4, -0.2) is 58.7 Å². The average molecular weight is 432 g/mol. The van der Waals surface area contributed by atoms with Gasteiger partial charge in [-0.05, 0) is 49.8 Å². The molecular weight excluding hydrogens is 402 g/mol. The largest absolute Gasteiger partial charge is 0.354 e. The standard InChI is InChI=1S/C22H29N5O2.ClH/c28-21(19-10-4-11-23-19)24-15-17-7-5-13-26(16-17)22(29)20(27-14-6-12-25-27)18-8-2-1-3-9-18;/h1-3,6,8-9,12,14,17,19-20,23H,4-5,7,10-11,13,15-16H2,(H,24,28);1H. The number of piperidine rings is 1. The molecule has 2 aliphatic heterocycles. The van der Waals surface area contributed by atoms with Gasteiger partial charge in [0.25, 0.3) is 5.91 Å². The van der Waals surface area contributed by atoms with Gasteiger partial charge >= 0.3 is 0 Å². The topological polar surface area (TPSA) is 79.3 Å². The SMILES string of the molecule is Cl.O=C(NCC1CCCN(C(=O)C(c2ccccc2)n2cccn2)C1)C1CCCN1. The monoisotopic (exact) mass is 431 g/mol. The highest BCUT2D eigenvalue weighted by Crippen LogP contribution is 2.24. The molecule has 1 aromatic heterocycles. The van der Waals surface area contributed by atoms with Gasteiger partial charge < -0.3 is 15.5 Å². The van der Waals surface area contributed by atoms with E-state index in [1.54, 1.807) is 10.9 Å². The first kappa shape index (κ1) is 22.3. The van der Waals surface area contributed by atoms with Crippen LogP contribution in [0, 0.1) is 5.92 Å². The fourth-order valence-corrected chi connectivity index (χ4v) is 4.36. The van der Waals surface area contributed by atoms with Gasteiger partial charge in [0.2, 0.25) is 5.91 Å². The molecule has 2 fully saturated rings. The third-order valence-electron chi connectivity index (χ3n) is 5.91. The van der Waals surface area contributed by atoms with E-state index in [-0.39, 0.29) is 36.2 Å². The Morgan fingerprint density at radius 3 is 2.70 bits per heavy atom. The van der Waals surface area contributed by atoms with Gasteiger partial charge in [-0.2, -0.15) is 5.10 Å². The molecule has 0 spiro atoms. The van der Waals surface area contributed by atoms with Crippen LogP contribution >= 0.6 is 12.4 Å². The Bertz CT molecular complexity index is 808. The van der Waals surface area contributed by atoms with Crippen molar-refractivity contribution in [1.82, 2.24) is 25.3 Å². The van der Waals surface area contributed by atoms with Crippen LogP contribution in [-0.2, 0) is 9.59 Å². The molecule has 3 unspecified atom stereocenters. The normalized spacial score (nSPS) is 22.2. The van der Waals surface area contributed by atoms with Gasteiger partial charge in [-0.1, -0.05) is 30.3 Å². The maximum absolute atomic E-state index is 13.5. The number of rotatable bonds is 6. The van der Waals surface area contributed by atoms with E-state index in [0.29, 0.717) is 13.1 Å². The van der Waals surface area contributed by atoms with Crippen LogP contribution in [0.25, 0.3) is 0 Å². The minimum absolute atomic E-state index is 0. The van der Waals surface area contributed by atoms with Crippen LogP contribution in [0.4, 0.5) is 0 Å². The van der Waals surface area contributed by atoms with Gasteiger partial charge in [-0.3, -0.25) is 14.3 Å². The quantitative estimate of drug-likeness (QED) is 0.733. The second-order valence-electron chi connectivity index (χ2n) is 7.99. The first-order valence-corrected chi connectivity index (χ1v) is 10.6. The lowest BCUT2D eigenvalue weighted by atomic mass is 9.96. The van der Waals surface area contributed by atoms with E-state index in [0.717, 1.165) is 44.3 Å². The van der Waals surface area contributed by atoms with Crippen LogP contribution in [0.3, 0.4) is 0 Å². The van der Waals surface area contributed by atoms with Crippen molar-refractivity contribution in [1.29, 1.82) is 0 Å². The van der Waals surface area contributed by atoms with Gasteiger partial charge in [0.1, 0.15) is 0 Å². The van der Waals surface area contributed by atoms with E-state index in [2.05, 4.69) is 15.7 Å². The molecule has 2 amide bonds. The summed E-state index contributed by atoms with van der Waals surface area (Å²) in [5.74, 6) is 0.435. The molecular formula is C22H30ClN5O2. The first-order valence-electron chi connectivity index (χ1n) is 10.6. The lowest BCUT2D eigenvalue weighted by molar-refractivity contribution is -0.135. The summed E-state index contributed by atoms with van der Waals surface area (Å²) in [5.41, 5.74) is 0.934. The van der Waals surface area contributed by atoms with Gasteiger partial charge in [0.05, 0.1) is 6.04 Å². The number of nitrogens with one attached hydrogen (secondary N) is 2. The molecule has 162 valence electrons. The number of carbonyl (C=O) groups excluding carboxylic acids is 2. The number of hydrogen-bond acceptors (Lipinski definition) is 4. The molecule has 3 heterocycles.